The number of methoxy groups -OCH3 is 2. The van der Waals surface area contributed by atoms with Crippen molar-refractivity contribution in [1.82, 2.24) is 0 Å². The van der Waals surface area contributed by atoms with E-state index in [-0.39, 0.29) is 6.61 Å². The first kappa shape index (κ1) is 21.9. The van der Waals surface area contributed by atoms with Gasteiger partial charge in [-0.15, -0.1) is 0 Å². The fraction of sp³-hybridized carbons (Fsp3) is 0.684. The van der Waals surface area contributed by atoms with E-state index in [9.17, 15) is 4.39 Å². The molecular weight excluding hydrogens is 385 g/mol. The number of hydrogen-bond acceptors (Lipinski definition) is 7. The molecule has 2 heterocycles. The molecule has 0 radical (unpaired) electrons. The van der Waals surface area contributed by atoms with Crippen LogP contribution >= 0.6 is 0 Å². The predicted octanol–water partition coefficient (Wildman–Crippen LogP) is 3.09. The molecule has 1 aromatic rings. The maximum Gasteiger partial charge on any atom is 0.220 e. The summed E-state index contributed by atoms with van der Waals surface area (Å²) >= 11 is 0. The molecule has 0 bridgehead atoms. The van der Waals surface area contributed by atoms with Crippen LogP contribution in [0.15, 0.2) is 35.4 Å². The van der Waals surface area contributed by atoms with E-state index in [1.54, 1.807) is 13.8 Å². The molecule has 0 spiro atoms. The van der Waals surface area contributed by atoms with E-state index < -0.39 is 42.3 Å². The summed E-state index contributed by atoms with van der Waals surface area (Å²) < 4.78 is 49.2. The van der Waals surface area contributed by atoms with E-state index in [0.29, 0.717) is 6.61 Å². The number of rotatable bonds is 8. The number of hydrogen-bond donors (Lipinski definition) is 0. The number of benzene rings is 1. The minimum absolute atomic E-state index is 0.127. The Morgan fingerprint density at radius 2 is 1.76 bits per heavy atom. The van der Waals surface area contributed by atoms with Crippen LogP contribution in [0.4, 0.5) is 4.39 Å². The van der Waals surface area contributed by atoms with E-state index >= 15 is 0 Å². The molecule has 3 rings (SSSR count). The number of ether oxygens (including phenoxy) is 6. The number of fused-ring (bicyclic) bond motifs is 1. The quantitative estimate of drug-likeness (QED) is 0.282. The van der Waals surface area contributed by atoms with Crippen LogP contribution in [0.3, 0.4) is 0 Å². The van der Waals surface area contributed by atoms with Crippen LogP contribution in [0.1, 0.15) is 19.4 Å². The van der Waals surface area contributed by atoms with Gasteiger partial charge in [-0.3, -0.25) is 0 Å². The Balaban J connectivity index is 1.78. The van der Waals surface area contributed by atoms with Gasteiger partial charge in [0.15, 0.2) is 0 Å². The largest absolute Gasteiger partial charge is 0.374 e. The topological polar surface area (TPSA) is 104 Å². The molecule has 0 N–H and O–H groups in total. The zero-order chi connectivity index (χ0) is 21.1. The Morgan fingerprint density at radius 3 is 2.34 bits per heavy atom. The van der Waals surface area contributed by atoms with Gasteiger partial charge < -0.3 is 28.4 Å². The Kier molecular flexibility index (Phi) is 6.75. The zero-order valence-corrected chi connectivity index (χ0v) is 16.9. The normalized spacial score (nSPS) is 37.6. The highest BCUT2D eigenvalue weighted by Gasteiger charge is 2.63. The average molecular weight is 411 g/mol. The van der Waals surface area contributed by atoms with Crippen molar-refractivity contribution in [2.24, 2.45) is 5.11 Å². The molecule has 2 aliphatic rings. The molecule has 0 aliphatic carbocycles. The third-order valence-corrected chi connectivity index (χ3v) is 5.50. The fourth-order valence-electron chi connectivity index (χ4n) is 3.57. The van der Waals surface area contributed by atoms with Crippen LogP contribution in [0, 0.1) is 0 Å². The van der Waals surface area contributed by atoms with Gasteiger partial charge in [0, 0.05) is 19.1 Å². The molecule has 1 aromatic carbocycles. The van der Waals surface area contributed by atoms with Crippen molar-refractivity contribution in [1.29, 1.82) is 0 Å². The van der Waals surface area contributed by atoms with Crippen LogP contribution in [0.2, 0.25) is 0 Å². The van der Waals surface area contributed by atoms with E-state index in [1.807, 2.05) is 30.3 Å². The summed E-state index contributed by atoms with van der Waals surface area (Å²) in [6.45, 7) is 3.78. The van der Waals surface area contributed by atoms with Crippen molar-refractivity contribution in [3.63, 3.8) is 0 Å². The van der Waals surface area contributed by atoms with Gasteiger partial charge in [0.1, 0.15) is 24.4 Å². The maximum absolute atomic E-state index is 14.5. The van der Waals surface area contributed by atoms with Gasteiger partial charge in [-0.05, 0) is 24.9 Å². The standard InChI is InChI=1S/C19H26FN3O6/c1-18(24-3)19(2,25-4)29-15-14(28-18)13(27-16(15)17(20)22-23-21)11-26-10-12-8-6-5-7-9-12/h5-9,13-17H,10-11H2,1-4H3/t13-,14-,15+,16+,17?,18+,19+/m1/s1. The maximum atomic E-state index is 14.5. The summed E-state index contributed by atoms with van der Waals surface area (Å²) in [5.74, 6) is -2.61. The predicted molar refractivity (Wildman–Crippen MR) is 99.4 cm³/mol. The molecule has 2 saturated heterocycles. The molecule has 1 unspecified atom stereocenters. The van der Waals surface area contributed by atoms with Crippen molar-refractivity contribution in [3.8, 4) is 0 Å². The van der Waals surface area contributed by atoms with Crippen molar-refractivity contribution in [3.05, 3.63) is 46.3 Å². The Hall–Kier alpha value is -1.78. The second kappa shape index (κ2) is 8.93. The van der Waals surface area contributed by atoms with Gasteiger partial charge in [-0.25, -0.2) is 4.39 Å². The minimum atomic E-state index is -1.96. The van der Waals surface area contributed by atoms with Gasteiger partial charge in [0.25, 0.3) is 0 Å². The summed E-state index contributed by atoms with van der Waals surface area (Å²) in [4.78, 5) is 2.53. The SMILES string of the molecule is CO[C@@]1(C)O[C@H]2[C@H](O[C@]1(C)OC)[C@@H](COCc1ccccc1)O[C@@H]2C(F)N=[N+]=[N-]. The van der Waals surface area contributed by atoms with Crippen LogP contribution < -0.4 is 0 Å². The Morgan fingerprint density at radius 1 is 1.14 bits per heavy atom. The molecule has 10 heteroatoms. The number of alkyl halides is 1. The summed E-state index contributed by atoms with van der Waals surface area (Å²) in [7, 11) is 2.90. The lowest BCUT2D eigenvalue weighted by Gasteiger charge is -2.51. The van der Waals surface area contributed by atoms with Crippen LogP contribution in [0.25, 0.3) is 10.4 Å². The fourth-order valence-corrected chi connectivity index (χ4v) is 3.57. The highest BCUT2D eigenvalue weighted by atomic mass is 19.1. The Bertz CT molecular complexity index is 736. The monoisotopic (exact) mass is 411 g/mol. The van der Waals surface area contributed by atoms with Crippen molar-refractivity contribution < 1.29 is 32.8 Å². The lowest BCUT2D eigenvalue weighted by atomic mass is 9.99. The molecule has 0 aromatic heterocycles. The van der Waals surface area contributed by atoms with Gasteiger partial charge in [-0.1, -0.05) is 35.4 Å². The first-order chi connectivity index (χ1) is 13.9. The second-order valence-electron chi connectivity index (χ2n) is 7.18. The smallest absolute Gasteiger partial charge is 0.220 e. The summed E-state index contributed by atoms with van der Waals surface area (Å²) in [6, 6.07) is 9.62. The summed E-state index contributed by atoms with van der Waals surface area (Å²) in [6.07, 6.45) is -5.37. The number of nitrogens with zero attached hydrogens (tertiary/aromatic N) is 3. The minimum Gasteiger partial charge on any atom is -0.374 e. The molecule has 9 nitrogen and oxygen atoms in total. The highest BCUT2D eigenvalue weighted by molar-refractivity contribution is 5.13. The number of halogens is 1. The lowest BCUT2D eigenvalue weighted by Crippen LogP contribution is -2.67. The zero-order valence-electron chi connectivity index (χ0n) is 16.9. The molecule has 29 heavy (non-hydrogen) atoms. The van der Waals surface area contributed by atoms with Gasteiger partial charge >= 0.3 is 0 Å². The third-order valence-electron chi connectivity index (χ3n) is 5.50. The molecule has 160 valence electrons. The van der Waals surface area contributed by atoms with Gasteiger partial charge in [0.05, 0.1) is 13.2 Å². The van der Waals surface area contributed by atoms with Crippen LogP contribution in [-0.4, -0.2) is 63.1 Å². The summed E-state index contributed by atoms with van der Waals surface area (Å²) in [5.41, 5.74) is 9.61. The molecule has 2 aliphatic heterocycles. The lowest BCUT2D eigenvalue weighted by molar-refractivity contribution is -0.446. The van der Waals surface area contributed by atoms with E-state index in [2.05, 4.69) is 10.0 Å². The highest BCUT2D eigenvalue weighted by Crippen LogP contribution is 2.45. The van der Waals surface area contributed by atoms with Gasteiger partial charge in [-0.2, -0.15) is 0 Å². The molecular formula is C19H26FN3O6. The van der Waals surface area contributed by atoms with Crippen molar-refractivity contribution >= 4 is 0 Å². The molecule has 7 atom stereocenters. The van der Waals surface area contributed by atoms with E-state index in [1.165, 1.54) is 14.2 Å². The number of azide groups is 1. The van der Waals surface area contributed by atoms with Crippen molar-refractivity contribution in [2.75, 3.05) is 20.8 Å². The van der Waals surface area contributed by atoms with Crippen LogP contribution in [-0.2, 0) is 35.0 Å². The van der Waals surface area contributed by atoms with Crippen LogP contribution in [0.5, 0.6) is 0 Å². The van der Waals surface area contributed by atoms with Gasteiger partial charge in [0.2, 0.25) is 17.9 Å². The third kappa shape index (κ3) is 4.24. The van der Waals surface area contributed by atoms with E-state index in [0.717, 1.165) is 5.56 Å². The molecule has 2 fully saturated rings. The molecule has 0 amide bonds. The molecule has 0 saturated carbocycles. The first-order valence-electron chi connectivity index (χ1n) is 9.29. The van der Waals surface area contributed by atoms with Crippen molar-refractivity contribution in [2.45, 2.75) is 62.7 Å². The average Bonchev–Trinajstić information content (AvgIpc) is 3.06. The second-order valence-corrected chi connectivity index (χ2v) is 7.18. The summed E-state index contributed by atoms with van der Waals surface area (Å²) in [5, 5.41) is 3.13. The Labute approximate surface area is 168 Å². The van der Waals surface area contributed by atoms with E-state index in [4.69, 9.17) is 34.0 Å². The first-order valence-corrected chi connectivity index (χ1v) is 9.29.